The first-order valence-corrected chi connectivity index (χ1v) is 13.3. The summed E-state index contributed by atoms with van der Waals surface area (Å²) in [6.45, 7) is 1.80. The Kier molecular flexibility index (Phi) is 11.2. The molecule has 3 aromatic rings. The predicted octanol–water partition coefficient (Wildman–Crippen LogP) is 5.00. The molecule has 11 heteroatoms. The van der Waals surface area contributed by atoms with Gasteiger partial charge in [-0.3, -0.25) is 14.4 Å². The SMILES string of the molecule is CCOC(=O)C=C[C@H](CCC(N)=O)NC(=O)[C@@H](CC(=O)c1ccc(-c2ccccc2C(F)(F)F)[nH]1)Cc1ccccc1. The van der Waals surface area contributed by atoms with Crippen molar-refractivity contribution < 1.29 is 37.1 Å². The van der Waals surface area contributed by atoms with E-state index in [-0.39, 0.29) is 49.2 Å². The second kappa shape index (κ2) is 14.8. The first kappa shape index (κ1) is 31.9. The van der Waals surface area contributed by atoms with Crippen LogP contribution in [-0.2, 0) is 31.7 Å². The second-order valence-corrected chi connectivity index (χ2v) is 9.57. The van der Waals surface area contributed by atoms with Gasteiger partial charge in [0.15, 0.2) is 5.78 Å². The number of hydrogen-bond acceptors (Lipinski definition) is 5. The molecule has 222 valence electrons. The van der Waals surface area contributed by atoms with Gasteiger partial charge in [-0.1, -0.05) is 54.6 Å². The van der Waals surface area contributed by atoms with Gasteiger partial charge in [-0.05, 0) is 43.5 Å². The van der Waals surface area contributed by atoms with Gasteiger partial charge in [0, 0.05) is 42.1 Å². The van der Waals surface area contributed by atoms with E-state index >= 15 is 0 Å². The summed E-state index contributed by atoms with van der Waals surface area (Å²) < 4.78 is 45.5. The molecule has 2 aromatic carbocycles. The van der Waals surface area contributed by atoms with Crippen LogP contribution in [0.1, 0.15) is 47.8 Å². The molecule has 1 heterocycles. The quantitative estimate of drug-likeness (QED) is 0.140. The van der Waals surface area contributed by atoms with Crippen LogP contribution in [0.15, 0.2) is 78.9 Å². The van der Waals surface area contributed by atoms with Crippen molar-refractivity contribution in [3.8, 4) is 11.3 Å². The minimum atomic E-state index is -4.59. The van der Waals surface area contributed by atoms with Gasteiger partial charge in [0.05, 0.1) is 17.9 Å². The van der Waals surface area contributed by atoms with E-state index in [0.717, 1.165) is 17.7 Å². The minimum absolute atomic E-state index is 0.0559. The number of rotatable bonds is 14. The molecule has 2 amide bonds. The fraction of sp³-hybridized carbons (Fsp3) is 0.290. The number of aromatic nitrogens is 1. The number of aromatic amines is 1. The van der Waals surface area contributed by atoms with Crippen molar-refractivity contribution in [1.29, 1.82) is 0 Å². The van der Waals surface area contributed by atoms with E-state index in [4.69, 9.17) is 10.5 Å². The highest BCUT2D eigenvalue weighted by Crippen LogP contribution is 2.36. The fourth-order valence-corrected chi connectivity index (χ4v) is 4.37. The maximum atomic E-state index is 13.5. The molecule has 4 N–H and O–H groups in total. The van der Waals surface area contributed by atoms with Gasteiger partial charge in [-0.2, -0.15) is 13.2 Å². The molecule has 0 saturated heterocycles. The molecule has 42 heavy (non-hydrogen) atoms. The zero-order chi connectivity index (χ0) is 30.7. The average Bonchev–Trinajstić information content (AvgIpc) is 3.45. The first-order valence-electron chi connectivity index (χ1n) is 13.3. The number of ketones is 1. The van der Waals surface area contributed by atoms with Gasteiger partial charge in [0.25, 0.3) is 0 Å². The number of halogens is 3. The summed E-state index contributed by atoms with van der Waals surface area (Å²) in [4.78, 5) is 52.7. The fourth-order valence-electron chi connectivity index (χ4n) is 4.37. The number of alkyl halides is 3. The van der Waals surface area contributed by atoms with Crippen molar-refractivity contribution in [2.45, 2.75) is 44.8 Å². The van der Waals surface area contributed by atoms with Crippen LogP contribution in [0.5, 0.6) is 0 Å². The summed E-state index contributed by atoms with van der Waals surface area (Å²) >= 11 is 0. The number of carbonyl (C=O) groups excluding carboxylic acids is 4. The molecule has 0 spiro atoms. The van der Waals surface area contributed by atoms with Gasteiger partial charge in [-0.25, -0.2) is 4.79 Å². The number of Topliss-reactive ketones (excluding diaryl/α,β-unsaturated/α-hetero) is 1. The van der Waals surface area contributed by atoms with E-state index in [2.05, 4.69) is 10.3 Å². The molecule has 0 aliphatic carbocycles. The molecule has 0 aliphatic rings. The summed E-state index contributed by atoms with van der Waals surface area (Å²) in [6.07, 6.45) is -2.06. The molecular weight excluding hydrogens is 551 g/mol. The number of primary amides is 1. The number of H-pyrrole nitrogens is 1. The zero-order valence-electron chi connectivity index (χ0n) is 22.9. The number of amides is 2. The van der Waals surface area contributed by atoms with E-state index in [9.17, 15) is 32.3 Å². The van der Waals surface area contributed by atoms with Crippen LogP contribution in [0.3, 0.4) is 0 Å². The summed E-state index contributed by atoms with van der Waals surface area (Å²) in [5, 5.41) is 2.77. The summed E-state index contributed by atoms with van der Waals surface area (Å²) in [5.41, 5.74) is 5.28. The third-order valence-electron chi connectivity index (χ3n) is 6.42. The molecule has 0 unspecified atom stereocenters. The lowest BCUT2D eigenvalue weighted by Crippen LogP contribution is -2.40. The van der Waals surface area contributed by atoms with Gasteiger partial charge >= 0.3 is 12.1 Å². The number of carbonyl (C=O) groups is 4. The summed E-state index contributed by atoms with van der Waals surface area (Å²) in [6, 6.07) is 16.1. The van der Waals surface area contributed by atoms with E-state index in [0.29, 0.717) is 0 Å². The number of nitrogens with one attached hydrogen (secondary N) is 2. The lowest BCUT2D eigenvalue weighted by molar-refractivity contribution is -0.138. The molecule has 0 bridgehead atoms. The molecule has 0 radical (unpaired) electrons. The Morgan fingerprint density at radius 1 is 1.00 bits per heavy atom. The van der Waals surface area contributed by atoms with Crippen LogP contribution in [0.25, 0.3) is 11.3 Å². The van der Waals surface area contributed by atoms with Crippen molar-refractivity contribution in [2.75, 3.05) is 6.61 Å². The smallest absolute Gasteiger partial charge is 0.417 e. The van der Waals surface area contributed by atoms with E-state index in [1.54, 1.807) is 31.2 Å². The van der Waals surface area contributed by atoms with Gasteiger partial charge in [0.1, 0.15) is 0 Å². The van der Waals surface area contributed by atoms with Crippen molar-refractivity contribution in [2.24, 2.45) is 11.7 Å². The minimum Gasteiger partial charge on any atom is -0.463 e. The highest BCUT2D eigenvalue weighted by atomic mass is 19.4. The second-order valence-electron chi connectivity index (χ2n) is 9.57. The maximum absolute atomic E-state index is 13.5. The molecule has 0 fully saturated rings. The molecule has 0 aliphatic heterocycles. The number of nitrogens with two attached hydrogens (primary N) is 1. The summed E-state index contributed by atoms with van der Waals surface area (Å²) in [5.74, 6) is -3.07. The van der Waals surface area contributed by atoms with E-state index < -0.39 is 47.3 Å². The Balaban J connectivity index is 1.83. The topological polar surface area (TPSA) is 131 Å². The Morgan fingerprint density at radius 2 is 1.69 bits per heavy atom. The van der Waals surface area contributed by atoms with Gasteiger partial charge in [0.2, 0.25) is 11.8 Å². The number of hydrogen-bond donors (Lipinski definition) is 3. The average molecular weight is 584 g/mol. The highest BCUT2D eigenvalue weighted by Gasteiger charge is 2.34. The Labute approximate surface area is 241 Å². The van der Waals surface area contributed by atoms with Crippen molar-refractivity contribution in [3.63, 3.8) is 0 Å². The lowest BCUT2D eigenvalue weighted by Gasteiger charge is -2.20. The van der Waals surface area contributed by atoms with Crippen LogP contribution in [0.4, 0.5) is 13.2 Å². The predicted molar refractivity (Wildman–Crippen MR) is 150 cm³/mol. The lowest BCUT2D eigenvalue weighted by atomic mass is 9.92. The Bertz CT molecular complexity index is 1420. The number of ether oxygens (including phenoxy) is 1. The third-order valence-corrected chi connectivity index (χ3v) is 6.42. The first-order chi connectivity index (χ1) is 20.0. The normalized spacial score (nSPS) is 13.0. The van der Waals surface area contributed by atoms with Crippen molar-refractivity contribution >= 4 is 23.6 Å². The molecular formula is C31H32F3N3O5. The third kappa shape index (κ3) is 9.46. The summed E-state index contributed by atoms with van der Waals surface area (Å²) in [7, 11) is 0. The standard InChI is InChI=1S/C31H32F3N3O5/c1-2-42-29(40)17-13-22(12-16-28(35)39)36-30(41)21(18-20-8-4-3-5-9-20)19-27(38)26-15-14-25(37-26)23-10-6-7-11-24(23)31(32,33)34/h3-11,13-15,17,21-22,37H,2,12,16,18-19H2,1H3,(H2,35,39)(H,36,41)/t21-,22+/m1/s1. The van der Waals surface area contributed by atoms with Gasteiger partial charge < -0.3 is 20.8 Å². The molecule has 3 rings (SSSR count). The molecule has 0 saturated carbocycles. The number of esters is 1. The highest BCUT2D eigenvalue weighted by molar-refractivity contribution is 5.98. The zero-order valence-corrected chi connectivity index (χ0v) is 22.9. The Morgan fingerprint density at radius 3 is 2.36 bits per heavy atom. The van der Waals surface area contributed by atoms with Crippen LogP contribution in [-0.4, -0.2) is 41.2 Å². The van der Waals surface area contributed by atoms with Crippen LogP contribution in [0, 0.1) is 5.92 Å². The molecule has 2 atom stereocenters. The van der Waals surface area contributed by atoms with Gasteiger partial charge in [-0.15, -0.1) is 0 Å². The van der Waals surface area contributed by atoms with E-state index in [1.165, 1.54) is 36.4 Å². The molecule has 8 nitrogen and oxygen atoms in total. The maximum Gasteiger partial charge on any atom is 0.417 e. The number of benzene rings is 2. The van der Waals surface area contributed by atoms with Crippen molar-refractivity contribution in [3.05, 3.63) is 95.7 Å². The largest absolute Gasteiger partial charge is 0.463 e. The van der Waals surface area contributed by atoms with Crippen molar-refractivity contribution in [1.82, 2.24) is 10.3 Å². The van der Waals surface area contributed by atoms with E-state index in [1.807, 2.05) is 6.07 Å². The van der Waals surface area contributed by atoms with Crippen LogP contribution in [0.2, 0.25) is 0 Å². The molecule has 1 aromatic heterocycles. The Hall–Kier alpha value is -4.67. The van der Waals surface area contributed by atoms with Crippen LogP contribution < -0.4 is 11.1 Å². The monoisotopic (exact) mass is 583 g/mol. The van der Waals surface area contributed by atoms with Crippen LogP contribution >= 0.6 is 0 Å².